The minimum Gasteiger partial charge on any atom is -0.328 e. The van der Waals surface area contributed by atoms with E-state index in [9.17, 15) is 8.42 Å². The van der Waals surface area contributed by atoms with Crippen molar-refractivity contribution in [2.24, 2.45) is 11.7 Å². The zero-order valence-corrected chi connectivity index (χ0v) is 12.2. The van der Waals surface area contributed by atoms with Gasteiger partial charge in [-0.1, -0.05) is 0 Å². The highest BCUT2D eigenvalue weighted by atomic mass is 32.2. The SMILES string of the molecule is CC(N)C1CCN(S(=O)(=O)c2ccc(C#N)nc2)CC1. The average molecular weight is 294 g/mol. The third-order valence-corrected chi connectivity index (χ3v) is 5.61. The average Bonchev–Trinajstić information content (AvgIpc) is 2.47. The van der Waals surface area contributed by atoms with Crippen LogP contribution in [0, 0.1) is 17.2 Å². The lowest BCUT2D eigenvalue weighted by molar-refractivity contribution is 0.250. The van der Waals surface area contributed by atoms with Crippen LogP contribution in [-0.4, -0.2) is 36.8 Å². The summed E-state index contributed by atoms with van der Waals surface area (Å²) in [7, 11) is -3.52. The van der Waals surface area contributed by atoms with Crippen LogP contribution in [0.4, 0.5) is 0 Å². The van der Waals surface area contributed by atoms with Crippen molar-refractivity contribution in [2.45, 2.75) is 30.7 Å². The Labute approximate surface area is 119 Å². The highest BCUT2D eigenvalue weighted by Crippen LogP contribution is 2.24. The molecule has 0 saturated carbocycles. The maximum Gasteiger partial charge on any atom is 0.244 e. The first-order valence-corrected chi connectivity index (χ1v) is 8.01. The van der Waals surface area contributed by atoms with Crippen LogP contribution in [0.25, 0.3) is 0 Å². The molecule has 2 rings (SSSR count). The van der Waals surface area contributed by atoms with Gasteiger partial charge in [-0.05, 0) is 37.8 Å². The molecular formula is C13H18N4O2S. The van der Waals surface area contributed by atoms with Crippen LogP contribution in [0.3, 0.4) is 0 Å². The lowest BCUT2D eigenvalue weighted by Crippen LogP contribution is -2.42. The molecule has 1 fully saturated rings. The number of hydrogen-bond donors (Lipinski definition) is 1. The molecule has 7 heteroatoms. The molecule has 6 nitrogen and oxygen atoms in total. The van der Waals surface area contributed by atoms with Gasteiger partial charge in [-0.3, -0.25) is 0 Å². The number of hydrogen-bond acceptors (Lipinski definition) is 5. The number of rotatable bonds is 3. The first-order chi connectivity index (χ1) is 9.45. The summed E-state index contributed by atoms with van der Waals surface area (Å²) in [6.45, 7) is 2.92. The molecule has 0 aromatic carbocycles. The molecule has 20 heavy (non-hydrogen) atoms. The van der Waals surface area contributed by atoms with Crippen molar-refractivity contribution < 1.29 is 8.42 Å². The summed E-state index contributed by atoms with van der Waals surface area (Å²) < 4.78 is 26.3. The van der Waals surface area contributed by atoms with Crippen molar-refractivity contribution in [3.63, 3.8) is 0 Å². The Balaban J connectivity index is 2.13. The maximum absolute atomic E-state index is 12.4. The highest BCUT2D eigenvalue weighted by Gasteiger charge is 2.30. The second kappa shape index (κ2) is 5.87. The molecule has 0 spiro atoms. The highest BCUT2D eigenvalue weighted by molar-refractivity contribution is 7.89. The second-order valence-corrected chi connectivity index (χ2v) is 7.03. The van der Waals surface area contributed by atoms with Gasteiger partial charge in [0.2, 0.25) is 10.0 Å². The van der Waals surface area contributed by atoms with Crippen molar-refractivity contribution in [1.82, 2.24) is 9.29 Å². The lowest BCUT2D eigenvalue weighted by Gasteiger charge is -2.32. The van der Waals surface area contributed by atoms with E-state index >= 15 is 0 Å². The van der Waals surface area contributed by atoms with E-state index in [-0.39, 0.29) is 16.6 Å². The number of pyridine rings is 1. The van der Waals surface area contributed by atoms with Gasteiger partial charge in [-0.15, -0.1) is 0 Å². The van der Waals surface area contributed by atoms with Crippen LogP contribution in [0.1, 0.15) is 25.5 Å². The molecule has 0 amide bonds. The minimum atomic E-state index is -3.52. The summed E-state index contributed by atoms with van der Waals surface area (Å²) in [6, 6.07) is 4.81. The van der Waals surface area contributed by atoms with Crippen LogP contribution in [0.15, 0.2) is 23.2 Å². The van der Waals surface area contributed by atoms with E-state index < -0.39 is 10.0 Å². The smallest absolute Gasteiger partial charge is 0.244 e. The lowest BCUT2D eigenvalue weighted by atomic mass is 9.92. The number of nitrogens with two attached hydrogens (primary N) is 1. The predicted molar refractivity (Wildman–Crippen MR) is 74.1 cm³/mol. The van der Waals surface area contributed by atoms with Crippen molar-refractivity contribution in [3.8, 4) is 6.07 Å². The number of sulfonamides is 1. The van der Waals surface area contributed by atoms with E-state index in [4.69, 9.17) is 11.0 Å². The van der Waals surface area contributed by atoms with E-state index in [1.54, 1.807) is 0 Å². The zero-order valence-electron chi connectivity index (χ0n) is 11.4. The summed E-state index contributed by atoms with van der Waals surface area (Å²) in [5.41, 5.74) is 6.06. The van der Waals surface area contributed by atoms with E-state index in [1.165, 1.54) is 22.6 Å². The maximum atomic E-state index is 12.4. The summed E-state index contributed by atoms with van der Waals surface area (Å²) in [6.07, 6.45) is 2.80. The van der Waals surface area contributed by atoms with Gasteiger partial charge in [0.05, 0.1) is 0 Å². The Bertz CT molecular complexity index is 596. The van der Waals surface area contributed by atoms with Gasteiger partial charge in [-0.25, -0.2) is 13.4 Å². The number of aromatic nitrogens is 1. The van der Waals surface area contributed by atoms with Gasteiger partial charge < -0.3 is 5.73 Å². The molecule has 1 unspecified atom stereocenters. The first kappa shape index (κ1) is 14.9. The van der Waals surface area contributed by atoms with E-state index in [2.05, 4.69) is 4.98 Å². The first-order valence-electron chi connectivity index (χ1n) is 6.57. The molecule has 2 heterocycles. The second-order valence-electron chi connectivity index (χ2n) is 5.09. The van der Waals surface area contributed by atoms with Crippen LogP contribution in [0.5, 0.6) is 0 Å². The third-order valence-electron chi connectivity index (χ3n) is 3.73. The van der Waals surface area contributed by atoms with Gasteiger partial charge in [0, 0.05) is 25.3 Å². The fraction of sp³-hybridized carbons (Fsp3) is 0.538. The molecule has 2 N–H and O–H groups in total. The van der Waals surface area contributed by atoms with E-state index in [0.717, 1.165) is 12.8 Å². The van der Waals surface area contributed by atoms with E-state index in [1.807, 2.05) is 13.0 Å². The predicted octanol–water partition coefficient (Wildman–Crippen LogP) is 0.701. The normalized spacial score (nSPS) is 19.4. The standard InChI is InChI=1S/C13H18N4O2S/c1-10(15)11-4-6-17(7-5-11)20(18,19)13-3-2-12(8-14)16-9-13/h2-3,9-11H,4-7,15H2,1H3. The monoisotopic (exact) mass is 294 g/mol. The summed E-state index contributed by atoms with van der Waals surface area (Å²) in [4.78, 5) is 3.95. The number of nitriles is 1. The van der Waals surface area contributed by atoms with Crippen molar-refractivity contribution in [3.05, 3.63) is 24.0 Å². The third kappa shape index (κ3) is 2.98. The number of piperidine rings is 1. The van der Waals surface area contributed by atoms with Gasteiger partial charge in [0.25, 0.3) is 0 Å². The Morgan fingerprint density at radius 1 is 1.45 bits per heavy atom. The number of nitrogens with zero attached hydrogens (tertiary/aromatic N) is 3. The molecule has 1 aromatic rings. The molecule has 1 saturated heterocycles. The molecule has 108 valence electrons. The Morgan fingerprint density at radius 2 is 2.10 bits per heavy atom. The summed E-state index contributed by atoms with van der Waals surface area (Å²) in [5, 5.41) is 8.68. The zero-order chi connectivity index (χ0) is 14.8. The summed E-state index contributed by atoms with van der Waals surface area (Å²) in [5.74, 6) is 0.375. The van der Waals surface area contributed by atoms with Crippen molar-refractivity contribution in [2.75, 3.05) is 13.1 Å². The largest absolute Gasteiger partial charge is 0.328 e. The minimum absolute atomic E-state index is 0.0939. The van der Waals surface area contributed by atoms with Crippen molar-refractivity contribution in [1.29, 1.82) is 5.26 Å². The Morgan fingerprint density at radius 3 is 2.55 bits per heavy atom. The topological polar surface area (TPSA) is 100 Å². The van der Waals surface area contributed by atoms with E-state index in [0.29, 0.717) is 19.0 Å². The van der Waals surface area contributed by atoms with Crippen LogP contribution < -0.4 is 5.73 Å². The van der Waals surface area contributed by atoms with Crippen LogP contribution >= 0.6 is 0 Å². The quantitative estimate of drug-likeness (QED) is 0.884. The van der Waals surface area contributed by atoms with Gasteiger partial charge in [-0.2, -0.15) is 9.57 Å². The Hall–Kier alpha value is -1.49. The molecule has 1 aliphatic heterocycles. The molecule has 0 bridgehead atoms. The molecule has 1 aromatic heterocycles. The molecule has 0 aliphatic carbocycles. The van der Waals surface area contributed by atoms with Crippen LogP contribution in [0.2, 0.25) is 0 Å². The van der Waals surface area contributed by atoms with Gasteiger partial charge >= 0.3 is 0 Å². The fourth-order valence-corrected chi connectivity index (χ4v) is 3.81. The molecule has 1 aliphatic rings. The molecule has 1 atom stereocenters. The fourth-order valence-electron chi connectivity index (χ4n) is 2.39. The molecule has 0 radical (unpaired) electrons. The van der Waals surface area contributed by atoms with Crippen molar-refractivity contribution >= 4 is 10.0 Å². The summed E-state index contributed by atoms with van der Waals surface area (Å²) >= 11 is 0. The van der Waals surface area contributed by atoms with Gasteiger partial charge in [0.15, 0.2) is 0 Å². The van der Waals surface area contributed by atoms with Gasteiger partial charge in [0.1, 0.15) is 16.7 Å². The Kier molecular flexibility index (Phi) is 4.38. The molecular weight excluding hydrogens is 276 g/mol. The van der Waals surface area contributed by atoms with Crippen LogP contribution in [-0.2, 0) is 10.0 Å².